The molecule has 3 rings (SSSR count). The maximum absolute atomic E-state index is 12.3. The van der Waals surface area contributed by atoms with Crippen LogP contribution in [0, 0.1) is 11.8 Å². The Morgan fingerprint density at radius 1 is 1.32 bits per heavy atom. The fourth-order valence-electron chi connectivity index (χ4n) is 3.53. The lowest BCUT2D eigenvalue weighted by Crippen LogP contribution is -2.38. The number of amides is 2. The molecule has 122 valence electrons. The van der Waals surface area contributed by atoms with Crippen molar-refractivity contribution in [2.75, 3.05) is 13.1 Å². The van der Waals surface area contributed by atoms with Gasteiger partial charge in [0.15, 0.2) is 0 Å². The topological polar surface area (TPSA) is 90.6 Å². The van der Waals surface area contributed by atoms with E-state index in [1.165, 1.54) is 0 Å². The molecule has 2 heterocycles. The number of aliphatic hydroxyl groups is 2. The molecule has 3 N–H and O–H groups in total. The Labute approximate surface area is 129 Å². The molecular formula is C15H24N4O3. The minimum absolute atomic E-state index is 0.0809. The molecule has 2 amide bonds. The first-order valence-electron chi connectivity index (χ1n) is 7.97. The second-order valence-corrected chi connectivity index (χ2v) is 6.39. The normalized spacial score (nSPS) is 31.1. The van der Waals surface area contributed by atoms with Crippen molar-refractivity contribution in [2.45, 2.75) is 45.1 Å². The molecule has 4 atom stereocenters. The van der Waals surface area contributed by atoms with Crippen molar-refractivity contribution in [1.29, 1.82) is 0 Å². The van der Waals surface area contributed by atoms with Gasteiger partial charge < -0.3 is 20.4 Å². The van der Waals surface area contributed by atoms with Crippen LogP contribution in [-0.2, 0) is 13.1 Å². The van der Waals surface area contributed by atoms with Crippen LogP contribution >= 0.6 is 0 Å². The average molecular weight is 308 g/mol. The van der Waals surface area contributed by atoms with Crippen molar-refractivity contribution >= 4 is 6.03 Å². The Morgan fingerprint density at radius 2 is 1.95 bits per heavy atom. The first kappa shape index (κ1) is 15.3. The molecule has 2 fully saturated rings. The molecule has 1 saturated heterocycles. The van der Waals surface area contributed by atoms with Gasteiger partial charge in [0.2, 0.25) is 0 Å². The van der Waals surface area contributed by atoms with E-state index in [4.69, 9.17) is 0 Å². The summed E-state index contributed by atoms with van der Waals surface area (Å²) in [4.78, 5) is 14.1. The summed E-state index contributed by atoms with van der Waals surface area (Å²) in [5.41, 5.74) is 0.984. The average Bonchev–Trinajstić information content (AvgIpc) is 3.11. The van der Waals surface area contributed by atoms with Gasteiger partial charge in [-0.2, -0.15) is 5.10 Å². The van der Waals surface area contributed by atoms with Gasteiger partial charge in [0.25, 0.3) is 0 Å². The van der Waals surface area contributed by atoms with Crippen LogP contribution in [-0.4, -0.2) is 56.2 Å². The number of likely N-dealkylation sites (tertiary alicyclic amines) is 1. The molecule has 22 heavy (non-hydrogen) atoms. The van der Waals surface area contributed by atoms with Gasteiger partial charge in [0.05, 0.1) is 18.4 Å². The number of urea groups is 1. The van der Waals surface area contributed by atoms with E-state index in [1.807, 2.05) is 17.8 Å². The number of nitrogens with zero attached hydrogens (tertiary/aromatic N) is 3. The molecule has 1 aliphatic heterocycles. The lowest BCUT2D eigenvalue weighted by molar-refractivity contribution is -0.0372. The highest BCUT2D eigenvalue weighted by molar-refractivity contribution is 5.74. The second kappa shape index (κ2) is 6.26. The van der Waals surface area contributed by atoms with Crippen molar-refractivity contribution in [3.05, 3.63) is 18.0 Å². The van der Waals surface area contributed by atoms with E-state index in [9.17, 15) is 15.0 Å². The molecule has 1 aromatic heterocycles. The zero-order valence-electron chi connectivity index (χ0n) is 12.9. The number of nitrogens with one attached hydrogen (secondary N) is 1. The lowest BCUT2D eigenvalue weighted by Gasteiger charge is -2.31. The number of rotatable bonds is 3. The molecule has 0 unspecified atom stereocenters. The van der Waals surface area contributed by atoms with Gasteiger partial charge in [-0.1, -0.05) is 0 Å². The van der Waals surface area contributed by atoms with Crippen LogP contribution in [0.3, 0.4) is 0 Å². The predicted octanol–water partition coefficient (Wildman–Crippen LogP) is 0.176. The highest BCUT2D eigenvalue weighted by Crippen LogP contribution is 2.36. The van der Waals surface area contributed by atoms with E-state index in [0.717, 1.165) is 12.1 Å². The van der Waals surface area contributed by atoms with E-state index in [1.54, 1.807) is 11.1 Å². The van der Waals surface area contributed by atoms with Crippen molar-refractivity contribution in [2.24, 2.45) is 11.8 Å². The first-order chi connectivity index (χ1) is 10.6. The molecule has 0 spiro atoms. The summed E-state index contributed by atoms with van der Waals surface area (Å²) in [6, 6.07) is -0.0809. The van der Waals surface area contributed by atoms with Gasteiger partial charge in [0.1, 0.15) is 0 Å². The van der Waals surface area contributed by atoms with Crippen LogP contribution in [0.25, 0.3) is 0 Å². The number of hydrogen-bond acceptors (Lipinski definition) is 4. The zero-order chi connectivity index (χ0) is 15.7. The summed E-state index contributed by atoms with van der Waals surface area (Å²) in [6.45, 7) is 4.62. The highest BCUT2D eigenvalue weighted by atomic mass is 16.3. The number of carbonyl (C=O) groups is 1. The standard InChI is InChI=1S/C15H24N4O3/c1-2-19-7-10(6-17-19)5-16-15(22)18-8-11-3-13(20)14(21)4-12(11)9-18/h6-7,11-14,20-21H,2-5,8-9H2,1H3,(H,16,22)/t11-,12+,13-,14-/m0/s1. The Kier molecular flexibility index (Phi) is 4.35. The summed E-state index contributed by atoms with van der Waals surface area (Å²) in [5, 5.41) is 26.6. The maximum atomic E-state index is 12.3. The molecular weight excluding hydrogens is 284 g/mol. The summed E-state index contributed by atoms with van der Waals surface area (Å²) >= 11 is 0. The minimum atomic E-state index is -0.649. The van der Waals surface area contributed by atoms with E-state index in [2.05, 4.69) is 10.4 Å². The van der Waals surface area contributed by atoms with E-state index >= 15 is 0 Å². The van der Waals surface area contributed by atoms with Gasteiger partial charge >= 0.3 is 6.03 Å². The van der Waals surface area contributed by atoms with Crippen molar-refractivity contribution in [3.63, 3.8) is 0 Å². The molecule has 1 aromatic rings. The summed E-state index contributed by atoms with van der Waals surface area (Å²) in [6.07, 6.45) is 3.56. The van der Waals surface area contributed by atoms with Crippen molar-refractivity contribution in [3.8, 4) is 0 Å². The fraction of sp³-hybridized carbons (Fsp3) is 0.733. The number of carbonyl (C=O) groups excluding carboxylic acids is 1. The van der Waals surface area contributed by atoms with Gasteiger partial charge in [0, 0.05) is 37.9 Å². The van der Waals surface area contributed by atoms with Crippen LogP contribution in [0.1, 0.15) is 25.3 Å². The Balaban J connectivity index is 1.51. The largest absolute Gasteiger partial charge is 0.390 e. The van der Waals surface area contributed by atoms with Crippen LogP contribution in [0.2, 0.25) is 0 Å². The van der Waals surface area contributed by atoms with Gasteiger partial charge in [-0.05, 0) is 31.6 Å². The summed E-state index contributed by atoms with van der Waals surface area (Å²) < 4.78 is 1.83. The molecule has 0 bridgehead atoms. The molecule has 0 radical (unpaired) electrons. The molecule has 1 aliphatic carbocycles. The third-order valence-corrected chi connectivity index (χ3v) is 4.85. The summed E-state index contributed by atoms with van der Waals surface area (Å²) in [5.74, 6) is 0.596. The number of aromatic nitrogens is 2. The first-order valence-corrected chi connectivity index (χ1v) is 7.97. The third kappa shape index (κ3) is 3.10. The SMILES string of the molecule is CCn1cc(CNC(=O)N2C[C@H]3C[C@H](O)[C@@H](O)C[C@H]3C2)cn1. The van der Waals surface area contributed by atoms with E-state index < -0.39 is 12.2 Å². The Morgan fingerprint density at radius 3 is 2.50 bits per heavy atom. The molecule has 7 heteroatoms. The van der Waals surface area contributed by atoms with Crippen LogP contribution in [0.4, 0.5) is 4.79 Å². The number of hydrogen-bond donors (Lipinski definition) is 3. The molecule has 1 saturated carbocycles. The second-order valence-electron chi connectivity index (χ2n) is 6.39. The summed E-state index contributed by atoms with van der Waals surface area (Å²) in [7, 11) is 0. The predicted molar refractivity (Wildman–Crippen MR) is 79.9 cm³/mol. The molecule has 7 nitrogen and oxygen atoms in total. The van der Waals surface area contributed by atoms with Gasteiger partial charge in [-0.15, -0.1) is 0 Å². The highest BCUT2D eigenvalue weighted by Gasteiger charge is 2.42. The Hall–Kier alpha value is -1.60. The van der Waals surface area contributed by atoms with E-state index in [0.29, 0.717) is 44.3 Å². The smallest absolute Gasteiger partial charge is 0.317 e. The fourth-order valence-corrected chi connectivity index (χ4v) is 3.53. The quantitative estimate of drug-likeness (QED) is 0.743. The van der Waals surface area contributed by atoms with Crippen LogP contribution in [0.5, 0.6) is 0 Å². The maximum Gasteiger partial charge on any atom is 0.317 e. The van der Waals surface area contributed by atoms with Crippen molar-refractivity contribution < 1.29 is 15.0 Å². The van der Waals surface area contributed by atoms with Crippen LogP contribution < -0.4 is 5.32 Å². The third-order valence-electron chi connectivity index (χ3n) is 4.85. The monoisotopic (exact) mass is 308 g/mol. The number of aliphatic hydroxyl groups excluding tert-OH is 2. The molecule has 0 aromatic carbocycles. The van der Waals surface area contributed by atoms with E-state index in [-0.39, 0.29) is 6.03 Å². The number of aryl methyl sites for hydroxylation is 1. The zero-order valence-corrected chi connectivity index (χ0v) is 12.9. The number of fused-ring (bicyclic) bond motifs is 1. The lowest BCUT2D eigenvalue weighted by atomic mass is 9.79. The van der Waals surface area contributed by atoms with Crippen molar-refractivity contribution in [1.82, 2.24) is 20.0 Å². The minimum Gasteiger partial charge on any atom is -0.390 e. The van der Waals surface area contributed by atoms with Gasteiger partial charge in [-0.25, -0.2) is 4.79 Å². The van der Waals surface area contributed by atoms with Gasteiger partial charge in [-0.3, -0.25) is 4.68 Å². The molecule has 2 aliphatic rings. The van der Waals surface area contributed by atoms with Crippen LogP contribution in [0.15, 0.2) is 12.4 Å². The Bertz CT molecular complexity index is 515.